The third kappa shape index (κ3) is 5.67. The van der Waals surface area contributed by atoms with Crippen molar-refractivity contribution >= 4 is 56.4 Å². The summed E-state index contributed by atoms with van der Waals surface area (Å²) in [5.74, 6) is -0.745. The third-order valence-corrected chi connectivity index (χ3v) is 8.21. The molecule has 1 unspecified atom stereocenters. The number of fused-ring (bicyclic) bond motifs is 1. The van der Waals surface area contributed by atoms with Crippen molar-refractivity contribution in [2.24, 2.45) is 4.99 Å². The highest BCUT2D eigenvalue weighted by atomic mass is 35.5. The highest BCUT2D eigenvalue weighted by molar-refractivity contribution is 8.05. The average molecular weight is 594 g/mol. The molecule has 2 aliphatic rings. The fraction of sp³-hybridized carbons (Fsp3) is 0.308. The molecule has 0 N–H and O–H groups in total. The number of ether oxygens (including phenoxy) is 1. The zero-order valence-corrected chi connectivity index (χ0v) is 22.7. The van der Waals surface area contributed by atoms with Crippen LogP contribution in [0, 0.1) is 0 Å². The summed E-state index contributed by atoms with van der Waals surface area (Å²) in [7, 11) is -0.352. The van der Waals surface area contributed by atoms with Crippen LogP contribution in [0.1, 0.15) is 16.7 Å². The van der Waals surface area contributed by atoms with Gasteiger partial charge in [0, 0.05) is 43.7 Å². The van der Waals surface area contributed by atoms with Crippen molar-refractivity contribution in [2.75, 3.05) is 39.9 Å². The van der Waals surface area contributed by atoms with Crippen LogP contribution in [0.25, 0.3) is 17.0 Å². The quantitative estimate of drug-likeness (QED) is 0.420. The van der Waals surface area contributed by atoms with Gasteiger partial charge < -0.3 is 14.5 Å². The SMILES string of the molecule is COCC(=O)N1CCN(C2=NC(=O)C(=Cc3ccc4c(cnn4Cc4ccc(Cl)cc4C(F)(F)F)c3)S2=O)CC1. The predicted molar refractivity (Wildman–Crippen MR) is 144 cm³/mol. The lowest BCUT2D eigenvalue weighted by molar-refractivity contribution is -0.138. The minimum Gasteiger partial charge on any atom is -0.375 e. The number of rotatable bonds is 5. The second-order valence-electron chi connectivity index (χ2n) is 9.20. The van der Waals surface area contributed by atoms with E-state index in [2.05, 4.69) is 10.1 Å². The van der Waals surface area contributed by atoms with Crippen molar-refractivity contribution in [3.8, 4) is 0 Å². The predicted octanol–water partition coefficient (Wildman–Crippen LogP) is 3.53. The molecule has 2 aliphatic heterocycles. The molecule has 0 saturated carbocycles. The molecule has 3 aromatic rings. The molecule has 40 heavy (non-hydrogen) atoms. The number of halogens is 4. The lowest BCUT2D eigenvalue weighted by atomic mass is 10.1. The van der Waals surface area contributed by atoms with E-state index < -0.39 is 28.4 Å². The lowest BCUT2D eigenvalue weighted by Crippen LogP contribution is -2.51. The molecule has 2 amide bonds. The maximum absolute atomic E-state index is 13.5. The number of nitrogens with zero attached hydrogens (tertiary/aromatic N) is 5. The summed E-state index contributed by atoms with van der Waals surface area (Å²) in [4.78, 5) is 32.1. The van der Waals surface area contributed by atoms with Crippen LogP contribution in [0.15, 0.2) is 52.5 Å². The number of hydrogen-bond acceptors (Lipinski definition) is 6. The molecule has 0 spiro atoms. The fourth-order valence-electron chi connectivity index (χ4n) is 4.61. The Kier molecular flexibility index (Phi) is 7.80. The van der Waals surface area contributed by atoms with Gasteiger partial charge in [0.2, 0.25) is 11.1 Å². The van der Waals surface area contributed by atoms with E-state index in [1.807, 2.05) is 0 Å². The number of carbonyl (C=O) groups is 2. The van der Waals surface area contributed by atoms with Gasteiger partial charge in [0.05, 0.1) is 23.8 Å². The average Bonchev–Trinajstić information content (AvgIpc) is 3.44. The van der Waals surface area contributed by atoms with Gasteiger partial charge in [-0.05, 0) is 41.5 Å². The molecular formula is C26H23ClF3N5O4S. The second kappa shape index (κ2) is 11.1. The van der Waals surface area contributed by atoms with Crippen LogP contribution in [0.2, 0.25) is 5.02 Å². The molecule has 5 rings (SSSR count). The van der Waals surface area contributed by atoms with Crippen LogP contribution in [-0.4, -0.2) is 80.7 Å². The van der Waals surface area contributed by atoms with E-state index in [0.717, 1.165) is 6.07 Å². The second-order valence-corrected chi connectivity index (χ2v) is 11.0. The van der Waals surface area contributed by atoms with Crippen LogP contribution in [0.5, 0.6) is 0 Å². The summed E-state index contributed by atoms with van der Waals surface area (Å²) in [5, 5.41) is 5.03. The number of piperazine rings is 1. The Balaban J connectivity index is 1.32. The van der Waals surface area contributed by atoms with E-state index in [4.69, 9.17) is 16.3 Å². The minimum absolute atomic E-state index is 0.00972. The van der Waals surface area contributed by atoms with Crippen LogP contribution < -0.4 is 0 Å². The molecule has 1 fully saturated rings. The highest BCUT2D eigenvalue weighted by Gasteiger charge is 2.35. The van der Waals surface area contributed by atoms with E-state index in [0.29, 0.717) is 42.6 Å². The van der Waals surface area contributed by atoms with Gasteiger partial charge in [-0.2, -0.15) is 23.3 Å². The largest absolute Gasteiger partial charge is 0.416 e. The Labute approximate surface area is 234 Å². The molecule has 9 nitrogen and oxygen atoms in total. The maximum Gasteiger partial charge on any atom is 0.416 e. The van der Waals surface area contributed by atoms with E-state index in [1.165, 1.54) is 36.2 Å². The first-order valence-corrected chi connectivity index (χ1v) is 13.7. The molecular weight excluding hydrogens is 571 g/mol. The van der Waals surface area contributed by atoms with Gasteiger partial charge in [-0.3, -0.25) is 14.3 Å². The highest BCUT2D eigenvalue weighted by Crippen LogP contribution is 2.34. The molecule has 2 aromatic carbocycles. The Bertz CT molecular complexity index is 1580. The van der Waals surface area contributed by atoms with Crippen molar-refractivity contribution in [3.63, 3.8) is 0 Å². The van der Waals surface area contributed by atoms with Gasteiger partial charge in [-0.15, -0.1) is 0 Å². The number of amidine groups is 1. The van der Waals surface area contributed by atoms with Gasteiger partial charge in [0.1, 0.15) is 22.3 Å². The van der Waals surface area contributed by atoms with E-state index in [-0.39, 0.29) is 39.7 Å². The van der Waals surface area contributed by atoms with Crippen molar-refractivity contribution in [1.82, 2.24) is 19.6 Å². The summed E-state index contributed by atoms with van der Waals surface area (Å²) in [6, 6.07) is 8.68. The van der Waals surface area contributed by atoms with Crippen molar-refractivity contribution in [1.29, 1.82) is 0 Å². The van der Waals surface area contributed by atoms with Crippen LogP contribution >= 0.6 is 11.6 Å². The van der Waals surface area contributed by atoms with E-state index in [1.54, 1.807) is 28.0 Å². The molecule has 1 aromatic heterocycles. The normalized spacial score (nSPS) is 19.1. The summed E-state index contributed by atoms with van der Waals surface area (Å²) >= 11 is 5.79. The Hall–Kier alpha value is -3.55. The summed E-state index contributed by atoms with van der Waals surface area (Å²) in [5.41, 5.74) is 0.347. The Morgan fingerprint density at radius 3 is 2.60 bits per heavy atom. The topological polar surface area (TPSA) is 97.1 Å². The summed E-state index contributed by atoms with van der Waals surface area (Å²) in [6.45, 7) is 1.42. The molecule has 1 atom stereocenters. The molecule has 0 radical (unpaired) electrons. The lowest BCUT2D eigenvalue weighted by Gasteiger charge is -2.35. The standard InChI is InChI=1S/C26H23ClF3N5O4S/c1-39-15-23(36)33-6-8-34(9-7-33)25-32-24(37)22(40(25)38)11-16-2-5-21-18(10-16)13-31-35(21)14-17-3-4-19(27)12-20(17)26(28,29)30/h2-5,10-13H,6-9,14-15H2,1H3. The zero-order chi connectivity index (χ0) is 28.6. The first-order chi connectivity index (χ1) is 19.0. The van der Waals surface area contributed by atoms with Crippen LogP contribution in [0.3, 0.4) is 0 Å². The van der Waals surface area contributed by atoms with Crippen LogP contribution in [-0.2, 0) is 37.8 Å². The zero-order valence-electron chi connectivity index (χ0n) is 21.2. The molecule has 14 heteroatoms. The summed E-state index contributed by atoms with van der Waals surface area (Å²) < 4.78 is 60.1. The van der Waals surface area contributed by atoms with E-state index in [9.17, 15) is 27.0 Å². The summed E-state index contributed by atoms with van der Waals surface area (Å²) in [6.07, 6.45) is -1.56. The van der Waals surface area contributed by atoms with E-state index >= 15 is 0 Å². The number of aromatic nitrogens is 2. The number of amides is 2. The molecule has 3 heterocycles. The Morgan fingerprint density at radius 2 is 1.90 bits per heavy atom. The van der Waals surface area contributed by atoms with Crippen molar-refractivity contribution in [3.05, 3.63) is 69.2 Å². The smallest absolute Gasteiger partial charge is 0.375 e. The molecule has 0 aliphatic carbocycles. The first-order valence-electron chi connectivity index (χ1n) is 12.1. The van der Waals surface area contributed by atoms with Crippen LogP contribution in [0.4, 0.5) is 13.2 Å². The number of alkyl halides is 3. The molecule has 210 valence electrons. The maximum atomic E-state index is 13.5. The molecule has 1 saturated heterocycles. The van der Waals surface area contributed by atoms with Gasteiger partial charge >= 0.3 is 6.18 Å². The van der Waals surface area contributed by atoms with Crippen molar-refractivity contribution in [2.45, 2.75) is 12.7 Å². The number of benzene rings is 2. The minimum atomic E-state index is -4.57. The number of hydrogen-bond donors (Lipinski definition) is 0. The monoisotopic (exact) mass is 593 g/mol. The third-order valence-electron chi connectivity index (χ3n) is 6.61. The number of aliphatic imine (C=N–C) groups is 1. The van der Waals surface area contributed by atoms with Gasteiger partial charge in [-0.1, -0.05) is 23.7 Å². The van der Waals surface area contributed by atoms with Gasteiger partial charge in [-0.25, -0.2) is 4.21 Å². The Morgan fingerprint density at radius 1 is 1.15 bits per heavy atom. The molecule has 0 bridgehead atoms. The van der Waals surface area contributed by atoms with Gasteiger partial charge in [0.25, 0.3) is 5.91 Å². The van der Waals surface area contributed by atoms with Gasteiger partial charge in [0.15, 0.2) is 0 Å². The van der Waals surface area contributed by atoms with Crippen molar-refractivity contribution < 1.29 is 31.7 Å². The fourth-order valence-corrected chi connectivity index (χ4v) is 6.01. The number of carbonyl (C=O) groups excluding carboxylic acids is 2. The number of methoxy groups -OCH3 is 1. The first kappa shape index (κ1) is 28.0.